The number of hydrogen-bond donors (Lipinski definition) is 2. The van der Waals surface area contributed by atoms with Gasteiger partial charge in [-0.25, -0.2) is 0 Å². The molecule has 1 rings (SSSR count). The zero-order chi connectivity index (χ0) is 19.6. The molecule has 0 aliphatic rings. The van der Waals surface area contributed by atoms with Crippen LogP contribution >= 0.6 is 0 Å². The van der Waals surface area contributed by atoms with Crippen molar-refractivity contribution in [2.24, 2.45) is 4.99 Å². The van der Waals surface area contributed by atoms with Crippen LogP contribution < -0.4 is 15.4 Å². The lowest BCUT2D eigenvalue weighted by Gasteiger charge is -2.13. The van der Waals surface area contributed by atoms with Gasteiger partial charge in [-0.2, -0.15) is 0 Å². The highest BCUT2D eigenvalue weighted by Crippen LogP contribution is 2.17. The van der Waals surface area contributed by atoms with Gasteiger partial charge in [0.15, 0.2) is 5.96 Å². The molecule has 0 bridgehead atoms. The van der Waals surface area contributed by atoms with Crippen LogP contribution in [0.4, 0.5) is 5.69 Å². The number of nitrogens with zero attached hydrogens (tertiary/aromatic N) is 1. The Bertz CT molecular complexity index is 512. The fourth-order valence-electron chi connectivity index (χ4n) is 2.25. The van der Waals surface area contributed by atoms with Crippen LogP contribution in [-0.4, -0.2) is 66.3 Å². The molecule has 7 nitrogen and oxygen atoms in total. The molecule has 7 heteroatoms. The number of benzene rings is 1. The lowest BCUT2D eigenvalue weighted by atomic mass is 10.3. The number of aliphatic imine (C=N–C) groups is 1. The minimum absolute atomic E-state index is 0.637. The number of guanidine groups is 1. The number of ether oxygens (including phenoxy) is 4. The molecule has 2 N–H and O–H groups in total. The van der Waals surface area contributed by atoms with Crippen molar-refractivity contribution in [2.75, 3.05) is 65.7 Å². The monoisotopic (exact) mass is 381 g/mol. The summed E-state index contributed by atoms with van der Waals surface area (Å²) >= 11 is 0. The van der Waals surface area contributed by atoms with Crippen LogP contribution in [0.2, 0.25) is 0 Å². The summed E-state index contributed by atoms with van der Waals surface area (Å²) in [6.45, 7) is 6.97. The van der Waals surface area contributed by atoms with Gasteiger partial charge >= 0.3 is 0 Å². The topological polar surface area (TPSA) is 73.3 Å². The maximum atomic E-state index is 5.74. The Kier molecular flexibility index (Phi) is 14.1. The van der Waals surface area contributed by atoms with Gasteiger partial charge in [-0.3, -0.25) is 4.99 Å². The highest BCUT2D eigenvalue weighted by atomic mass is 16.5. The Balaban J connectivity index is 2.39. The van der Waals surface area contributed by atoms with Gasteiger partial charge in [0.2, 0.25) is 0 Å². The molecule has 0 amide bonds. The van der Waals surface area contributed by atoms with Crippen LogP contribution in [0.5, 0.6) is 5.75 Å². The third-order valence-corrected chi connectivity index (χ3v) is 3.60. The summed E-state index contributed by atoms with van der Waals surface area (Å²) < 4.78 is 21.2. The molecule has 0 spiro atoms. The minimum Gasteiger partial charge on any atom is -0.493 e. The van der Waals surface area contributed by atoms with E-state index in [1.54, 1.807) is 14.2 Å². The van der Waals surface area contributed by atoms with Crippen LogP contribution in [0.1, 0.15) is 26.2 Å². The molecule has 0 heterocycles. The Morgan fingerprint density at radius 1 is 0.963 bits per heavy atom. The van der Waals surface area contributed by atoms with Crippen LogP contribution in [0.25, 0.3) is 0 Å². The van der Waals surface area contributed by atoms with E-state index in [-0.39, 0.29) is 0 Å². The van der Waals surface area contributed by atoms with Gasteiger partial charge in [0.05, 0.1) is 19.8 Å². The summed E-state index contributed by atoms with van der Waals surface area (Å²) in [6.07, 6.45) is 2.83. The summed E-state index contributed by atoms with van der Waals surface area (Å²) in [5.41, 5.74) is 0.946. The fraction of sp³-hybridized carbons (Fsp3) is 0.650. The van der Waals surface area contributed by atoms with Gasteiger partial charge in [0.1, 0.15) is 5.75 Å². The molecule has 0 radical (unpaired) electrons. The predicted molar refractivity (Wildman–Crippen MR) is 110 cm³/mol. The SMILES string of the molecule is CCNC(=NCCCCOCCOC)Nc1cccc(OCCCOC)c1. The number of anilines is 1. The van der Waals surface area contributed by atoms with Crippen molar-refractivity contribution in [1.29, 1.82) is 0 Å². The van der Waals surface area contributed by atoms with E-state index in [1.165, 1.54) is 0 Å². The van der Waals surface area contributed by atoms with Crippen LogP contribution in [0.15, 0.2) is 29.3 Å². The van der Waals surface area contributed by atoms with E-state index >= 15 is 0 Å². The molecule has 0 saturated carbocycles. The van der Waals surface area contributed by atoms with Crippen molar-refractivity contribution in [3.63, 3.8) is 0 Å². The first kappa shape index (κ1) is 23.2. The van der Waals surface area contributed by atoms with E-state index in [0.29, 0.717) is 26.4 Å². The average Bonchev–Trinajstić information content (AvgIpc) is 2.68. The molecule has 154 valence electrons. The van der Waals surface area contributed by atoms with E-state index in [4.69, 9.17) is 18.9 Å². The van der Waals surface area contributed by atoms with Gasteiger partial charge in [0, 0.05) is 58.7 Å². The molecule has 0 atom stereocenters. The molecule has 1 aromatic rings. The second kappa shape index (κ2) is 16.4. The molecular weight excluding hydrogens is 346 g/mol. The molecule has 0 aromatic heterocycles. The van der Waals surface area contributed by atoms with Crippen molar-refractivity contribution in [2.45, 2.75) is 26.2 Å². The Morgan fingerprint density at radius 3 is 2.59 bits per heavy atom. The molecular formula is C20H35N3O4. The van der Waals surface area contributed by atoms with Crippen molar-refractivity contribution in [3.05, 3.63) is 24.3 Å². The van der Waals surface area contributed by atoms with Gasteiger partial charge in [-0.05, 0) is 31.9 Å². The summed E-state index contributed by atoms with van der Waals surface area (Å²) in [5.74, 6) is 1.61. The van der Waals surface area contributed by atoms with Crippen LogP contribution in [0.3, 0.4) is 0 Å². The predicted octanol–water partition coefficient (Wildman–Crippen LogP) is 2.92. The van der Waals surface area contributed by atoms with E-state index < -0.39 is 0 Å². The molecule has 0 fully saturated rings. The largest absolute Gasteiger partial charge is 0.493 e. The number of hydrogen-bond acceptors (Lipinski definition) is 5. The van der Waals surface area contributed by atoms with Crippen LogP contribution in [0, 0.1) is 0 Å². The first-order valence-corrected chi connectivity index (χ1v) is 9.64. The summed E-state index contributed by atoms with van der Waals surface area (Å²) in [6, 6.07) is 7.89. The Morgan fingerprint density at radius 2 is 1.81 bits per heavy atom. The quantitative estimate of drug-likeness (QED) is 0.276. The molecule has 0 aliphatic heterocycles. The highest BCUT2D eigenvalue weighted by Gasteiger charge is 2.01. The van der Waals surface area contributed by atoms with Crippen LogP contribution in [-0.2, 0) is 14.2 Å². The molecule has 0 aliphatic carbocycles. The fourth-order valence-corrected chi connectivity index (χ4v) is 2.25. The zero-order valence-electron chi connectivity index (χ0n) is 17.0. The molecule has 0 saturated heterocycles. The Hall–Kier alpha value is -1.83. The van der Waals surface area contributed by atoms with Crippen molar-refractivity contribution < 1.29 is 18.9 Å². The maximum absolute atomic E-state index is 5.74. The molecule has 1 aromatic carbocycles. The first-order chi connectivity index (χ1) is 13.3. The van der Waals surface area contributed by atoms with Gasteiger partial charge in [-0.15, -0.1) is 0 Å². The van der Waals surface area contributed by atoms with E-state index in [0.717, 1.165) is 56.4 Å². The first-order valence-electron chi connectivity index (χ1n) is 9.64. The standard InChI is InChI=1S/C20H35N3O4/c1-4-21-20(22-11-5-6-13-26-16-15-25-3)23-18-9-7-10-19(17-18)27-14-8-12-24-2/h7,9-10,17H,4-6,8,11-16H2,1-3H3,(H2,21,22,23). The average molecular weight is 382 g/mol. The summed E-state index contributed by atoms with van der Waals surface area (Å²) in [7, 11) is 3.37. The highest BCUT2D eigenvalue weighted by molar-refractivity contribution is 5.93. The van der Waals surface area contributed by atoms with Gasteiger partial charge < -0.3 is 29.6 Å². The number of methoxy groups -OCH3 is 2. The normalized spacial score (nSPS) is 11.4. The Labute approximate surface area is 163 Å². The lowest BCUT2D eigenvalue weighted by Crippen LogP contribution is -2.30. The summed E-state index contributed by atoms with van der Waals surface area (Å²) in [4.78, 5) is 4.62. The maximum Gasteiger partial charge on any atom is 0.195 e. The van der Waals surface area contributed by atoms with E-state index in [1.807, 2.05) is 24.3 Å². The smallest absolute Gasteiger partial charge is 0.195 e. The summed E-state index contributed by atoms with van der Waals surface area (Å²) in [5, 5.41) is 6.59. The number of rotatable bonds is 15. The number of unbranched alkanes of at least 4 members (excludes halogenated alkanes) is 1. The van der Waals surface area contributed by atoms with Crippen molar-refractivity contribution in [3.8, 4) is 5.75 Å². The number of nitrogens with one attached hydrogen (secondary N) is 2. The van der Waals surface area contributed by atoms with Crippen molar-refractivity contribution in [1.82, 2.24) is 5.32 Å². The molecule has 27 heavy (non-hydrogen) atoms. The van der Waals surface area contributed by atoms with E-state index in [9.17, 15) is 0 Å². The van der Waals surface area contributed by atoms with Crippen molar-refractivity contribution >= 4 is 11.6 Å². The van der Waals surface area contributed by atoms with Gasteiger partial charge in [-0.1, -0.05) is 6.07 Å². The lowest BCUT2D eigenvalue weighted by molar-refractivity contribution is 0.0690. The molecule has 0 unspecified atom stereocenters. The third-order valence-electron chi connectivity index (χ3n) is 3.60. The second-order valence-corrected chi connectivity index (χ2v) is 5.92. The van der Waals surface area contributed by atoms with E-state index in [2.05, 4.69) is 22.5 Å². The third kappa shape index (κ3) is 12.2. The minimum atomic E-state index is 0.637. The zero-order valence-corrected chi connectivity index (χ0v) is 17.0. The second-order valence-electron chi connectivity index (χ2n) is 5.92. The van der Waals surface area contributed by atoms with Gasteiger partial charge in [0.25, 0.3) is 0 Å².